The molecule has 0 radical (unpaired) electrons. The average molecular weight is 1500 g/mol. The lowest BCUT2D eigenvalue weighted by atomic mass is 9.67. The van der Waals surface area contributed by atoms with Crippen molar-refractivity contribution in [3.63, 3.8) is 0 Å². The van der Waals surface area contributed by atoms with Gasteiger partial charge in [-0.2, -0.15) is 0 Å². The first-order valence-electron chi connectivity index (χ1n) is 39.6. The molecule has 0 bridgehead atoms. The zero-order valence-electron chi connectivity index (χ0n) is 63.6. The van der Waals surface area contributed by atoms with Gasteiger partial charge in [-0.3, -0.25) is 0 Å². The third-order valence-corrected chi connectivity index (χ3v) is 23.0. The number of hydrogen-bond acceptors (Lipinski definition) is 14. The van der Waals surface area contributed by atoms with E-state index < -0.39 is 16.2 Å². The quantitative estimate of drug-likeness (QED) is 0.0310. The first-order chi connectivity index (χ1) is 55.8. The Morgan fingerprint density at radius 1 is 0.239 bits per heavy atom. The van der Waals surface area contributed by atoms with Crippen LogP contribution < -0.4 is 28.4 Å². The smallest absolute Gasteiger partial charge is 0.122 e. The predicted molar refractivity (Wildman–Crippen MR) is 434 cm³/mol. The van der Waals surface area contributed by atoms with Gasteiger partial charge in [0.15, 0.2) is 0 Å². The fourth-order valence-corrected chi connectivity index (χ4v) is 17.0. The lowest BCUT2D eigenvalue weighted by Gasteiger charge is -2.34. The van der Waals surface area contributed by atoms with E-state index in [1.807, 2.05) is 0 Å². The highest BCUT2D eigenvalue weighted by Gasteiger charge is 2.49. The number of benzene rings is 12. The van der Waals surface area contributed by atoms with Gasteiger partial charge in [0, 0.05) is 0 Å². The molecule has 0 spiro atoms. The Balaban J connectivity index is 0.000000114. The Labute approximate surface area is 659 Å². The third-order valence-electron chi connectivity index (χ3n) is 23.0. The fourth-order valence-electron chi connectivity index (χ4n) is 17.0. The number of aryl methyl sites for hydroxylation is 2. The van der Waals surface area contributed by atoms with E-state index in [1.54, 1.807) is 0 Å². The van der Waals surface area contributed by atoms with Gasteiger partial charge in [0.05, 0.1) is 82.3 Å². The maximum atomic E-state index is 6.09. The number of ether oxygens (including phenoxy) is 14. The summed E-state index contributed by atoms with van der Waals surface area (Å²) in [5.41, 5.74) is 23.6. The fraction of sp³-hybridized carbons (Fsp3) is 0.273. The lowest BCUT2D eigenvalue weighted by Crippen LogP contribution is -2.29. The molecule has 6 fully saturated rings. The predicted octanol–water partition coefficient (Wildman–Crippen LogP) is 17.5. The normalized spacial score (nSPS) is 20.0. The van der Waals surface area contributed by atoms with Crippen molar-refractivity contribution in [2.24, 2.45) is 0 Å². The van der Waals surface area contributed by atoms with Gasteiger partial charge in [-0.15, -0.1) is 0 Å². The van der Waals surface area contributed by atoms with Crippen LogP contribution in [0.1, 0.15) is 77.9 Å². The van der Waals surface area contributed by atoms with Gasteiger partial charge >= 0.3 is 0 Å². The minimum atomic E-state index is -0.467. The highest BCUT2D eigenvalue weighted by atomic mass is 16.6. The van der Waals surface area contributed by atoms with Crippen molar-refractivity contribution in [2.75, 3.05) is 106 Å². The van der Waals surface area contributed by atoms with E-state index in [4.69, 9.17) is 66.3 Å². The molecule has 12 aromatic carbocycles. The van der Waals surface area contributed by atoms with Crippen LogP contribution in [0.5, 0.6) is 34.5 Å². The second kappa shape index (κ2) is 31.6. The van der Waals surface area contributed by atoms with E-state index in [9.17, 15) is 0 Å². The molecule has 6 aliphatic heterocycles. The van der Waals surface area contributed by atoms with Gasteiger partial charge in [0.1, 0.15) is 111 Å². The Kier molecular flexibility index (Phi) is 20.2. The molecule has 9 aliphatic rings. The Hall–Kier alpha value is -10.9. The molecule has 3 aliphatic carbocycles. The SMILES string of the molecule is Cc1cc(C2(c3ccc(OCC4CO4)c(C)c3)c3ccccc3-c3ccccc32)ccc1OCC1CO1.c1ccc2c(c1)-c1ccccc1C2(c1ccc(OCC2CO2)cc1)c1ccc(OCC2CO2)cc1.c1ccc2c(c1)-c1ccccc1C2(c1ccc(OCCOCC2CO2)cc1)c1ccc(OCCOCC2CO2)cc1. The van der Waals surface area contributed by atoms with Crippen molar-refractivity contribution in [2.45, 2.75) is 66.7 Å². The maximum absolute atomic E-state index is 6.09. The standard InChI is InChI=1S/C35H34O6.C33H30O4.C31H26O4/c1-3-7-33-31(5-1)32-6-2-4-8-34(32)35(33,25-9-13-27(14-10-25)38-19-17-36-21-29-23-40-29)26-11-15-28(16-12-26)39-20-18-37-22-30-24-41-30;1-21-15-23(11-13-31(21)36-19-25-17-34-25)33(24-12-14-32(22(2)16-24)37-20-26-18-35-26)29-9-5-3-7-27(29)28-8-4-6-10-30(28)33;1-3-7-29-27(5-1)28-6-2-4-8-30(28)31(29,21-9-13-23(14-10-21)32-17-25-19-34-25)22-11-15-24(16-12-22)33-18-26-20-35-26/h1-16,29-30H,17-24H2;3-16,25-26H,17-20H2,1-2H3;1-16,25-26H,17-20H2. The van der Waals surface area contributed by atoms with Crippen LogP contribution in [0.15, 0.2) is 279 Å². The van der Waals surface area contributed by atoms with Gasteiger partial charge in [-0.1, -0.05) is 218 Å². The number of epoxide rings is 6. The molecular weight excluding hydrogens is 1410 g/mol. The van der Waals surface area contributed by atoms with Crippen LogP contribution in [-0.2, 0) is 54.1 Å². The second-order valence-electron chi connectivity index (χ2n) is 30.4. The molecule has 113 heavy (non-hydrogen) atoms. The summed E-state index contributed by atoms with van der Waals surface area (Å²) in [5.74, 6) is 5.21. The first kappa shape index (κ1) is 72.4. The zero-order valence-corrected chi connectivity index (χ0v) is 63.6. The van der Waals surface area contributed by atoms with Crippen molar-refractivity contribution in [1.82, 2.24) is 0 Å². The molecule has 0 aromatic heterocycles. The molecule has 6 saturated heterocycles. The molecule has 14 heteroatoms. The van der Waals surface area contributed by atoms with E-state index in [0.29, 0.717) is 66.1 Å². The van der Waals surface area contributed by atoms with Crippen molar-refractivity contribution < 1.29 is 66.3 Å². The summed E-state index contributed by atoms with van der Waals surface area (Å²) < 4.78 is 78.9. The molecule has 0 saturated carbocycles. The van der Waals surface area contributed by atoms with E-state index in [2.05, 4.69) is 293 Å². The minimum Gasteiger partial charge on any atom is -0.491 e. The third kappa shape index (κ3) is 14.8. The highest BCUT2D eigenvalue weighted by Crippen LogP contribution is 2.60. The summed E-state index contributed by atoms with van der Waals surface area (Å²) in [5, 5.41) is 0. The Morgan fingerprint density at radius 2 is 0.460 bits per heavy atom. The number of hydrogen-bond donors (Lipinski definition) is 0. The van der Waals surface area contributed by atoms with Crippen LogP contribution in [0, 0.1) is 13.8 Å². The number of rotatable bonds is 30. The van der Waals surface area contributed by atoms with Gasteiger partial charge in [0.25, 0.3) is 0 Å². The van der Waals surface area contributed by atoms with E-state index in [1.165, 1.54) is 100 Å². The van der Waals surface area contributed by atoms with Crippen LogP contribution >= 0.6 is 0 Å². The molecule has 21 rings (SSSR count). The van der Waals surface area contributed by atoms with Gasteiger partial charge in [0.2, 0.25) is 0 Å². The summed E-state index contributed by atoms with van der Waals surface area (Å²) >= 11 is 0. The van der Waals surface area contributed by atoms with Crippen LogP contribution in [0.3, 0.4) is 0 Å². The lowest BCUT2D eigenvalue weighted by molar-refractivity contribution is 0.0878. The van der Waals surface area contributed by atoms with Crippen LogP contribution in [0.2, 0.25) is 0 Å². The molecule has 6 heterocycles. The summed E-state index contributed by atoms with van der Waals surface area (Å²) in [6.45, 7) is 14.8. The number of fused-ring (bicyclic) bond motifs is 9. The Bertz CT molecular complexity index is 5010. The van der Waals surface area contributed by atoms with Crippen LogP contribution in [0.25, 0.3) is 33.4 Å². The molecule has 0 amide bonds. The Morgan fingerprint density at radius 3 is 0.717 bits per heavy atom. The van der Waals surface area contributed by atoms with E-state index >= 15 is 0 Å². The van der Waals surface area contributed by atoms with E-state index in [-0.39, 0.29) is 36.6 Å². The second-order valence-corrected chi connectivity index (χ2v) is 30.4. The molecule has 6 atom stereocenters. The maximum Gasteiger partial charge on any atom is 0.122 e. The molecule has 12 aromatic rings. The molecule has 14 nitrogen and oxygen atoms in total. The van der Waals surface area contributed by atoms with Crippen molar-refractivity contribution in [3.05, 3.63) is 357 Å². The van der Waals surface area contributed by atoms with Crippen molar-refractivity contribution in [3.8, 4) is 67.9 Å². The molecule has 6 unspecified atom stereocenters. The van der Waals surface area contributed by atoms with Crippen molar-refractivity contribution >= 4 is 0 Å². The van der Waals surface area contributed by atoms with Gasteiger partial charge in [-0.25, -0.2) is 0 Å². The monoisotopic (exact) mass is 1500 g/mol. The van der Waals surface area contributed by atoms with Gasteiger partial charge in [-0.05, 0) is 186 Å². The topological polar surface area (TPSA) is 149 Å². The summed E-state index contributed by atoms with van der Waals surface area (Å²) in [6, 6.07) is 100. The molecular formula is C99H90O14. The van der Waals surface area contributed by atoms with Crippen LogP contribution in [-0.4, -0.2) is 142 Å². The average Bonchev–Trinajstić information content (AvgIpc) is 1.55. The minimum absolute atomic E-state index is 0.231. The first-order valence-corrected chi connectivity index (χ1v) is 39.6. The molecule has 570 valence electrons. The van der Waals surface area contributed by atoms with Crippen LogP contribution in [0.4, 0.5) is 0 Å². The largest absolute Gasteiger partial charge is 0.491 e. The summed E-state index contributed by atoms with van der Waals surface area (Å²) in [7, 11) is 0. The molecule has 0 N–H and O–H groups in total. The van der Waals surface area contributed by atoms with E-state index in [0.717, 1.165) is 85.3 Å². The summed E-state index contributed by atoms with van der Waals surface area (Å²) in [4.78, 5) is 0. The summed E-state index contributed by atoms with van der Waals surface area (Å²) in [6.07, 6.45) is 1.47. The van der Waals surface area contributed by atoms with Crippen molar-refractivity contribution in [1.29, 1.82) is 0 Å². The highest BCUT2D eigenvalue weighted by molar-refractivity contribution is 5.89. The zero-order chi connectivity index (χ0) is 75.7. The van der Waals surface area contributed by atoms with Gasteiger partial charge < -0.3 is 66.3 Å².